The minimum absolute atomic E-state index is 0.556. The molecule has 2 heterocycles. The van der Waals surface area contributed by atoms with Gasteiger partial charge in [0.15, 0.2) is 5.82 Å². The molecule has 2 aromatic rings. The lowest BCUT2D eigenvalue weighted by Crippen LogP contribution is -2.09. The highest BCUT2D eigenvalue weighted by atomic mass is 127. The van der Waals surface area contributed by atoms with E-state index in [0.717, 1.165) is 33.6 Å². The van der Waals surface area contributed by atoms with Crippen LogP contribution in [0.2, 0.25) is 0 Å². The van der Waals surface area contributed by atoms with Gasteiger partial charge in [-0.25, -0.2) is 9.97 Å². The topological polar surface area (TPSA) is 50.7 Å². The van der Waals surface area contributed by atoms with Crippen molar-refractivity contribution in [3.05, 3.63) is 33.2 Å². The minimum atomic E-state index is 0.556. The van der Waals surface area contributed by atoms with Gasteiger partial charge in [0.05, 0.1) is 9.26 Å². The first kappa shape index (κ1) is 16.1. The zero-order chi connectivity index (χ0) is 15.4. The molecule has 0 aliphatic heterocycles. The van der Waals surface area contributed by atoms with E-state index in [2.05, 4.69) is 64.7 Å². The van der Waals surface area contributed by atoms with Gasteiger partial charge in [-0.1, -0.05) is 26.8 Å². The van der Waals surface area contributed by atoms with Gasteiger partial charge in [0.1, 0.15) is 11.5 Å². The predicted molar refractivity (Wildman–Crippen MR) is 95.4 cm³/mol. The maximum atomic E-state index is 4.78. The van der Waals surface area contributed by atoms with Crippen molar-refractivity contribution in [1.82, 2.24) is 15.0 Å². The van der Waals surface area contributed by atoms with Crippen molar-refractivity contribution in [2.75, 3.05) is 12.4 Å². The van der Waals surface area contributed by atoms with Gasteiger partial charge < -0.3 is 5.32 Å². The number of halogens is 1. The molecule has 21 heavy (non-hydrogen) atoms. The second-order valence-electron chi connectivity index (χ2n) is 5.37. The summed E-state index contributed by atoms with van der Waals surface area (Å²) < 4.78 is 1.10. The Balaban J connectivity index is 2.58. The summed E-state index contributed by atoms with van der Waals surface area (Å²) in [5.41, 5.74) is 3.15. The number of nitrogens with zero attached hydrogens (tertiary/aromatic N) is 3. The molecule has 0 aliphatic rings. The molecule has 0 fully saturated rings. The van der Waals surface area contributed by atoms with Crippen LogP contribution in [0.4, 0.5) is 5.82 Å². The number of hydrogen-bond donors (Lipinski definition) is 1. The van der Waals surface area contributed by atoms with Gasteiger partial charge in [-0.2, -0.15) is 0 Å². The van der Waals surface area contributed by atoms with E-state index in [9.17, 15) is 0 Å². The molecule has 5 heteroatoms. The summed E-state index contributed by atoms with van der Waals surface area (Å²) in [5.74, 6) is 2.15. The van der Waals surface area contributed by atoms with Crippen molar-refractivity contribution >= 4 is 28.4 Å². The molecule has 0 spiro atoms. The van der Waals surface area contributed by atoms with Gasteiger partial charge in [-0.3, -0.25) is 4.98 Å². The molecule has 4 nitrogen and oxygen atoms in total. The number of anilines is 1. The van der Waals surface area contributed by atoms with Crippen molar-refractivity contribution < 1.29 is 0 Å². The zero-order valence-electron chi connectivity index (χ0n) is 12.9. The van der Waals surface area contributed by atoms with Crippen LogP contribution in [0, 0.1) is 9.49 Å². The summed E-state index contributed by atoms with van der Waals surface area (Å²) in [6, 6.07) is 4.05. The van der Waals surface area contributed by atoms with Gasteiger partial charge in [0.25, 0.3) is 0 Å². The normalized spacial score (nSPS) is 11.0. The van der Waals surface area contributed by atoms with Crippen LogP contribution in [0.5, 0.6) is 0 Å². The summed E-state index contributed by atoms with van der Waals surface area (Å²) in [7, 11) is 1.90. The largest absolute Gasteiger partial charge is 0.372 e. The molecule has 0 amide bonds. The van der Waals surface area contributed by atoms with Crippen LogP contribution in [0.1, 0.15) is 32.0 Å². The van der Waals surface area contributed by atoms with Crippen molar-refractivity contribution in [3.63, 3.8) is 0 Å². The molecule has 0 atom stereocenters. The third kappa shape index (κ3) is 3.70. The fourth-order valence-corrected chi connectivity index (χ4v) is 2.94. The van der Waals surface area contributed by atoms with E-state index in [0.29, 0.717) is 11.7 Å². The van der Waals surface area contributed by atoms with Gasteiger partial charge in [-0.05, 0) is 53.0 Å². The van der Waals surface area contributed by atoms with Gasteiger partial charge >= 0.3 is 0 Å². The first-order valence-electron chi connectivity index (χ1n) is 7.25. The van der Waals surface area contributed by atoms with E-state index >= 15 is 0 Å². The number of pyridine rings is 1. The molecule has 0 saturated heterocycles. The lowest BCUT2D eigenvalue weighted by Gasteiger charge is -2.13. The standard InChI is InChI=1S/C16H21IN4/c1-5-11-7-6-8-19-14(11)16-20-12(9-10(2)3)13(17)15(18-4)21-16/h6-8,10H,5,9H2,1-4H3,(H,18,20,21). The smallest absolute Gasteiger partial charge is 0.180 e. The van der Waals surface area contributed by atoms with Crippen LogP contribution in [0.3, 0.4) is 0 Å². The Morgan fingerprint density at radius 3 is 2.67 bits per heavy atom. The second-order valence-corrected chi connectivity index (χ2v) is 6.45. The molecule has 0 aliphatic carbocycles. The Hall–Kier alpha value is -1.24. The SMILES string of the molecule is CCc1cccnc1-c1nc(CC(C)C)c(I)c(NC)n1. The Labute approximate surface area is 140 Å². The fourth-order valence-electron chi connectivity index (χ4n) is 2.21. The highest BCUT2D eigenvalue weighted by Crippen LogP contribution is 2.26. The summed E-state index contributed by atoms with van der Waals surface area (Å²) in [5, 5.41) is 3.17. The Morgan fingerprint density at radius 1 is 1.29 bits per heavy atom. The van der Waals surface area contributed by atoms with E-state index in [-0.39, 0.29) is 0 Å². The van der Waals surface area contributed by atoms with Crippen LogP contribution in [-0.4, -0.2) is 22.0 Å². The lowest BCUT2D eigenvalue weighted by atomic mass is 10.1. The number of nitrogens with one attached hydrogen (secondary N) is 1. The Morgan fingerprint density at radius 2 is 2.05 bits per heavy atom. The Bertz CT molecular complexity index is 626. The molecule has 0 saturated carbocycles. The van der Waals surface area contributed by atoms with Crippen molar-refractivity contribution in [2.45, 2.75) is 33.6 Å². The summed E-state index contributed by atoms with van der Waals surface area (Å²) in [6.45, 7) is 6.53. The van der Waals surface area contributed by atoms with Crippen molar-refractivity contribution in [1.29, 1.82) is 0 Å². The Kier molecular flexibility index (Phi) is 5.50. The molecule has 2 rings (SSSR count). The molecule has 2 aromatic heterocycles. The molecule has 0 aromatic carbocycles. The third-order valence-electron chi connectivity index (χ3n) is 3.24. The predicted octanol–water partition coefficient (Wildman–Crippen LogP) is 3.95. The highest BCUT2D eigenvalue weighted by Gasteiger charge is 2.16. The van der Waals surface area contributed by atoms with Crippen LogP contribution in [-0.2, 0) is 12.8 Å². The minimum Gasteiger partial charge on any atom is -0.372 e. The van der Waals surface area contributed by atoms with E-state index in [4.69, 9.17) is 4.98 Å². The average molecular weight is 396 g/mol. The molecular weight excluding hydrogens is 375 g/mol. The quantitative estimate of drug-likeness (QED) is 0.778. The number of hydrogen-bond acceptors (Lipinski definition) is 4. The van der Waals surface area contributed by atoms with Crippen LogP contribution in [0.25, 0.3) is 11.5 Å². The average Bonchev–Trinajstić information content (AvgIpc) is 2.48. The molecule has 0 radical (unpaired) electrons. The molecule has 112 valence electrons. The van der Waals surface area contributed by atoms with Gasteiger partial charge in [0, 0.05) is 13.2 Å². The van der Waals surface area contributed by atoms with E-state index in [1.807, 2.05) is 13.1 Å². The van der Waals surface area contributed by atoms with Crippen molar-refractivity contribution in [2.24, 2.45) is 5.92 Å². The van der Waals surface area contributed by atoms with E-state index in [1.165, 1.54) is 5.56 Å². The summed E-state index contributed by atoms with van der Waals surface area (Å²) >= 11 is 2.32. The van der Waals surface area contributed by atoms with Crippen LogP contribution in [0.15, 0.2) is 18.3 Å². The van der Waals surface area contributed by atoms with Crippen molar-refractivity contribution in [3.8, 4) is 11.5 Å². The number of aromatic nitrogens is 3. The second kappa shape index (κ2) is 7.15. The van der Waals surface area contributed by atoms with E-state index < -0.39 is 0 Å². The molecule has 1 N–H and O–H groups in total. The monoisotopic (exact) mass is 396 g/mol. The zero-order valence-corrected chi connectivity index (χ0v) is 15.1. The maximum Gasteiger partial charge on any atom is 0.180 e. The first-order chi connectivity index (χ1) is 10.1. The highest BCUT2D eigenvalue weighted by molar-refractivity contribution is 14.1. The van der Waals surface area contributed by atoms with Crippen LogP contribution >= 0.6 is 22.6 Å². The fraction of sp³-hybridized carbons (Fsp3) is 0.438. The molecule has 0 unspecified atom stereocenters. The summed E-state index contributed by atoms with van der Waals surface area (Å²) in [4.78, 5) is 13.9. The first-order valence-corrected chi connectivity index (χ1v) is 8.33. The lowest BCUT2D eigenvalue weighted by molar-refractivity contribution is 0.632. The number of aryl methyl sites for hydroxylation is 1. The molecule has 0 bridgehead atoms. The van der Waals surface area contributed by atoms with Crippen LogP contribution < -0.4 is 5.32 Å². The molecular formula is C16H21IN4. The van der Waals surface area contributed by atoms with E-state index in [1.54, 1.807) is 6.20 Å². The van der Waals surface area contributed by atoms with Gasteiger partial charge in [-0.15, -0.1) is 0 Å². The number of rotatable bonds is 5. The third-order valence-corrected chi connectivity index (χ3v) is 4.38. The maximum absolute atomic E-state index is 4.78. The summed E-state index contributed by atoms with van der Waals surface area (Å²) in [6.07, 6.45) is 3.67. The van der Waals surface area contributed by atoms with Gasteiger partial charge in [0.2, 0.25) is 0 Å².